The number of carbonyl (C=O) groups is 2. The van der Waals surface area contributed by atoms with Gasteiger partial charge in [-0.15, -0.1) is 0 Å². The second-order valence-electron chi connectivity index (χ2n) is 4.48. The minimum absolute atomic E-state index is 0.145. The lowest BCUT2D eigenvalue weighted by molar-refractivity contribution is -0.139. The van der Waals surface area contributed by atoms with Crippen molar-refractivity contribution in [1.82, 2.24) is 0 Å². The van der Waals surface area contributed by atoms with E-state index in [1.54, 1.807) is 0 Å². The Morgan fingerprint density at radius 2 is 1.62 bits per heavy atom. The molecule has 0 aromatic carbocycles. The van der Waals surface area contributed by atoms with Crippen LogP contribution < -0.4 is 0 Å². The van der Waals surface area contributed by atoms with Crippen molar-refractivity contribution < 1.29 is 45.0 Å². The van der Waals surface area contributed by atoms with Crippen LogP contribution in [0.2, 0.25) is 0 Å². The smallest absolute Gasteiger partial charge is 0.337 e. The summed E-state index contributed by atoms with van der Waals surface area (Å²) < 4.78 is 69.0. The van der Waals surface area contributed by atoms with E-state index in [9.17, 15) is 26.4 Å². The number of carbonyl (C=O) groups excluding carboxylic acids is 2. The third-order valence-corrected chi connectivity index (χ3v) is 3.98. The van der Waals surface area contributed by atoms with Crippen molar-refractivity contribution in [2.75, 3.05) is 18.1 Å². The van der Waals surface area contributed by atoms with Crippen molar-refractivity contribution in [3.63, 3.8) is 0 Å². The van der Waals surface area contributed by atoms with Gasteiger partial charge in [-0.3, -0.25) is 9.11 Å². The topological polar surface area (TPSA) is 161 Å². The summed E-state index contributed by atoms with van der Waals surface area (Å²) in [6.45, 7) is 3.77. The molecule has 0 rings (SSSR count). The fourth-order valence-corrected chi connectivity index (χ4v) is 2.16. The standard InChI is InChI=1S/C12H18O10S2/c1-3-11(13)22-10(5-4-7-23(15,16)17)9(2)12(14)21-6-8-24(18,19)20/h3H,1,4-8H2,2H3,(H,15,16,17)(H,18,19,20). The predicted octanol–water partition coefficient (Wildman–Crippen LogP) is 0.0886. The van der Waals surface area contributed by atoms with Gasteiger partial charge in [-0.05, 0) is 13.3 Å². The number of hydrogen-bond acceptors (Lipinski definition) is 8. The number of hydrogen-bond donors (Lipinski definition) is 2. The van der Waals surface area contributed by atoms with E-state index < -0.39 is 50.3 Å². The maximum atomic E-state index is 11.8. The number of esters is 2. The molecule has 0 amide bonds. The van der Waals surface area contributed by atoms with Crippen LogP contribution in [-0.2, 0) is 39.3 Å². The van der Waals surface area contributed by atoms with Gasteiger partial charge in [0.1, 0.15) is 18.1 Å². The molecule has 0 saturated heterocycles. The predicted molar refractivity (Wildman–Crippen MR) is 82.0 cm³/mol. The molecule has 0 radical (unpaired) electrons. The SMILES string of the molecule is C=CC(=O)OC(CCCS(=O)(=O)O)=C(C)C(=O)OCCS(=O)(=O)O. The van der Waals surface area contributed by atoms with Crippen LogP contribution in [0.25, 0.3) is 0 Å². The molecule has 0 fully saturated rings. The van der Waals surface area contributed by atoms with Crippen LogP contribution in [0.4, 0.5) is 0 Å². The van der Waals surface area contributed by atoms with Gasteiger partial charge in [0.05, 0.1) is 11.3 Å². The fraction of sp³-hybridized carbons (Fsp3) is 0.500. The third kappa shape index (κ3) is 10.9. The molecule has 0 aromatic heterocycles. The minimum atomic E-state index is -4.31. The lowest BCUT2D eigenvalue weighted by Gasteiger charge is -2.11. The normalized spacial score (nSPS) is 13.0. The molecule has 0 saturated carbocycles. The van der Waals surface area contributed by atoms with Crippen molar-refractivity contribution in [2.24, 2.45) is 0 Å². The van der Waals surface area contributed by atoms with Gasteiger partial charge in [0.25, 0.3) is 20.2 Å². The summed E-state index contributed by atoms with van der Waals surface area (Å²) in [6, 6.07) is 0. The molecular formula is C12H18O10S2. The summed E-state index contributed by atoms with van der Waals surface area (Å²) >= 11 is 0. The van der Waals surface area contributed by atoms with Crippen molar-refractivity contribution >= 4 is 32.2 Å². The quantitative estimate of drug-likeness (QED) is 0.228. The van der Waals surface area contributed by atoms with E-state index >= 15 is 0 Å². The summed E-state index contributed by atoms with van der Waals surface area (Å²) in [7, 11) is -8.53. The zero-order valence-electron chi connectivity index (χ0n) is 12.8. The molecule has 0 atom stereocenters. The molecule has 12 heteroatoms. The molecule has 138 valence electrons. The molecule has 0 unspecified atom stereocenters. The summed E-state index contributed by atoms with van der Waals surface area (Å²) in [6.07, 6.45) is 0.493. The van der Waals surface area contributed by atoms with Crippen molar-refractivity contribution in [3.8, 4) is 0 Å². The molecular weight excluding hydrogens is 368 g/mol. The second-order valence-corrected chi connectivity index (χ2v) is 7.63. The van der Waals surface area contributed by atoms with Crippen LogP contribution >= 0.6 is 0 Å². The van der Waals surface area contributed by atoms with Crippen LogP contribution in [0.5, 0.6) is 0 Å². The number of ether oxygens (including phenoxy) is 2. The molecule has 24 heavy (non-hydrogen) atoms. The van der Waals surface area contributed by atoms with E-state index in [4.69, 9.17) is 13.8 Å². The molecule has 0 heterocycles. The highest BCUT2D eigenvalue weighted by Gasteiger charge is 2.18. The first-order valence-electron chi connectivity index (χ1n) is 6.47. The number of allylic oxidation sites excluding steroid dienone is 1. The van der Waals surface area contributed by atoms with Crippen molar-refractivity contribution in [1.29, 1.82) is 0 Å². The third-order valence-electron chi connectivity index (χ3n) is 2.50. The maximum absolute atomic E-state index is 11.8. The highest BCUT2D eigenvalue weighted by atomic mass is 32.2. The van der Waals surface area contributed by atoms with Crippen molar-refractivity contribution in [3.05, 3.63) is 24.0 Å². The fourth-order valence-electron chi connectivity index (χ4n) is 1.36. The summed E-state index contributed by atoms with van der Waals surface area (Å²) in [5.41, 5.74) is -0.198. The molecule has 0 aliphatic heterocycles. The molecule has 0 aliphatic rings. The Kier molecular flexibility index (Phi) is 8.82. The van der Waals surface area contributed by atoms with Crippen LogP contribution in [0.3, 0.4) is 0 Å². The lowest BCUT2D eigenvalue weighted by atomic mass is 10.2. The molecule has 10 nitrogen and oxygen atoms in total. The largest absolute Gasteiger partial charge is 0.461 e. The van der Waals surface area contributed by atoms with Gasteiger partial charge in [-0.1, -0.05) is 6.58 Å². The zero-order valence-corrected chi connectivity index (χ0v) is 14.4. The Bertz CT molecular complexity index is 715. The van der Waals surface area contributed by atoms with Gasteiger partial charge in [0.15, 0.2) is 0 Å². The number of rotatable bonds is 10. The summed E-state index contributed by atoms with van der Waals surface area (Å²) in [4.78, 5) is 23.0. The Hall–Kier alpha value is -1.76. The summed E-state index contributed by atoms with van der Waals surface area (Å²) in [5, 5.41) is 0. The van der Waals surface area contributed by atoms with Crippen LogP contribution in [-0.4, -0.2) is 56.0 Å². The maximum Gasteiger partial charge on any atom is 0.337 e. The van der Waals surface area contributed by atoms with Gasteiger partial charge in [0.2, 0.25) is 0 Å². The molecule has 0 bridgehead atoms. The molecule has 0 aliphatic carbocycles. The molecule has 0 spiro atoms. The van der Waals surface area contributed by atoms with E-state index in [-0.39, 0.29) is 24.2 Å². The van der Waals surface area contributed by atoms with Crippen LogP contribution in [0.15, 0.2) is 24.0 Å². The Labute approximate surface area is 139 Å². The first kappa shape index (κ1) is 22.2. The Morgan fingerprint density at radius 3 is 2.08 bits per heavy atom. The average Bonchev–Trinajstić information content (AvgIpc) is 2.42. The van der Waals surface area contributed by atoms with E-state index in [1.165, 1.54) is 6.92 Å². The highest BCUT2D eigenvalue weighted by molar-refractivity contribution is 7.86. The van der Waals surface area contributed by atoms with Crippen molar-refractivity contribution in [2.45, 2.75) is 19.8 Å². The zero-order chi connectivity index (χ0) is 19.0. The van der Waals surface area contributed by atoms with Gasteiger partial charge >= 0.3 is 11.9 Å². The highest BCUT2D eigenvalue weighted by Crippen LogP contribution is 2.16. The molecule has 0 aromatic rings. The first-order valence-corrected chi connectivity index (χ1v) is 9.69. The van der Waals surface area contributed by atoms with E-state index in [0.717, 1.165) is 6.08 Å². The van der Waals surface area contributed by atoms with E-state index in [1.807, 2.05) is 0 Å². The van der Waals surface area contributed by atoms with Gasteiger partial charge < -0.3 is 9.47 Å². The van der Waals surface area contributed by atoms with Crippen LogP contribution in [0.1, 0.15) is 19.8 Å². The van der Waals surface area contributed by atoms with Gasteiger partial charge in [0, 0.05) is 12.5 Å². The monoisotopic (exact) mass is 386 g/mol. The Morgan fingerprint density at radius 1 is 1.08 bits per heavy atom. The first-order chi connectivity index (χ1) is 10.9. The Balaban J connectivity index is 5.03. The van der Waals surface area contributed by atoms with Gasteiger partial charge in [-0.2, -0.15) is 16.8 Å². The van der Waals surface area contributed by atoms with Gasteiger partial charge in [-0.25, -0.2) is 9.59 Å². The molecule has 2 N–H and O–H groups in total. The van der Waals surface area contributed by atoms with E-state index in [2.05, 4.69) is 11.3 Å². The second kappa shape index (κ2) is 9.52. The average molecular weight is 386 g/mol. The van der Waals surface area contributed by atoms with E-state index in [0.29, 0.717) is 0 Å². The summed E-state index contributed by atoms with van der Waals surface area (Å²) in [5.74, 6) is -3.55. The minimum Gasteiger partial charge on any atom is -0.461 e. The van der Waals surface area contributed by atoms with Crippen LogP contribution in [0, 0.1) is 0 Å². The lowest BCUT2D eigenvalue weighted by Crippen LogP contribution is -2.17.